The van der Waals surface area contributed by atoms with Gasteiger partial charge in [-0.15, -0.1) is 10.2 Å². The number of nitrogens with one attached hydrogen (secondary N) is 1. The molecular weight excluding hydrogens is 472 g/mol. The minimum Gasteiger partial charge on any atom is -0.484 e. The molecule has 32 heavy (non-hydrogen) atoms. The lowest BCUT2D eigenvalue weighted by Gasteiger charge is -2.11. The zero-order chi connectivity index (χ0) is 22.7. The molecule has 0 aliphatic heterocycles. The van der Waals surface area contributed by atoms with Crippen LogP contribution in [0.3, 0.4) is 0 Å². The van der Waals surface area contributed by atoms with E-state index in [1.165, 1.54) is 23.9 Å². The number of rotatable bonds is 9. The Morgan fingerprint density at radius 3 is 2.72 bits per heavy atom. The second kappa shape index (κ2) is 9.51. The maximum Gasteiger partial charge on any atom is 0.234 e. The number of para-hydroxylation sites is 1. The molecule has 4 rings (SSSR count). The van der Waals surface area contributed by atoms with E-state index in [0.29, 0.717) is 33.5 Å². The maximum atomic E-state index is 12.4. The number of anilines is 1. The van der Waals surface area contributed by atoms with E-state index in [-0.39, 0.29) is 23.2 Å². The van der Waals surface area contributed by atoms with E-state index in [9.17, 15) is 13.2 Å². The predicted molar refractivity (Wildman–Crippen MR) is 123 cm³/mol. The van der Waals surface area contributed by atoms with Crippen LogP contribution in [0.5, 0.6) is 5.75 Å². The zero-order valence-electron chi connectivity index (χ0n) is 17.2. The van der Waals surface area contributed by atoms with Gasteiger partial charge >= 0.3 is 0 Å². The maximum absolute atomic E-state index is 12.4. The molecule has 0 bridgehead atoms. The van der Waals surface area contributed by atoms with E-state index in [2.05, 4.69) is 15.5 Å². The Morgan fingerprint density at radius 1 is 1.22 bits per heavy atom. The Balaban J connectivity index is 1.39. The van der Waals surface area contributed by atoms with Gasteiger partial charge in [0, 0.05) is 18.0 Å². The highest BCUT2D eigenvalue weighted by molar-refractivity contribution is 7.99. The molecule has 1 aromatic heterocycles. The van der Waals surface area contributed by atoms with Gasteiger partial charge in [0.15, 0.2) is 20.8 Å². The minimum atomic E-state index is -3.35. The molecule has 3 aromatic rings. The van der Waals surface area contributed by atoms with Crippen molar-refractivity contribution in [1.82, 2.24) is 14.8 Å². The van der Waals surface area contributed by atoms with Crippen LogP contribution in [0.25, 0.3) is 0 Å². The van der Waals surface area contributed by atoms with Gasteiger partial charge in [0.2, 0.25) is 5.91 Å². The highest BCUT2D eigenvalue weighted by Gasteiger charge is 2.30. The number of nitrogens with zero attached hydrogens (tertiary/aromatic N) is 3. The summed E-state index contributed by atoms with van der Waals surface area (Å²) in [6.45, 7) is 0.221. The smallest absolute Gasteiger partial charge is 0.234 e. The van der Waals surface area contributed by atoms with Gasteiger partial charge in [-0.25, -0.2) is 8.42 Å². The van der Waals surface area contributed by atoms with Crippen molar-refractivity contribution in [3.05, 3.63) is 59.4 Å². The van der Waals surface area contributed by atoms with Crippen LogP contribution in [-0.2, 0) is 21.2 Å². The van der Waals surface area contributed by atoms with Gasteiger partial charge in [-0.3, -0.25) is 9.36 Å². The molecule has 11 heteroatoms. The van der Waals surface area contributed by atoms with Crippen LogP contribution >= 0.6 is 23.4 Å². The molecule has 1 heterocycles. The number of sulfone groups is 1. The number of carbonyl (C=O) groups is 1. The number of hydrogen-bond acceptors (Lipinski definition) is 7. The fourth-order valence-corrected chi connectivity index (χ4v) is 4.72. The summed E-state index contributed by atoms with van der Waals surface area (Å²) in [6, 6.07) is 13.7. The Morgan fingerprint density at radius 2 is 2.00 bits per heavy atom. The third-order valence-electron chi connectivity index (χ3n) is 4.72. The summed E-state index contributed by atoms with van der Waals surface area (Å²) >= 11 is 7.42. The SMILES string of the molecule is CS(=O)(=O)c1cccc(NC(=O)CSc2nnc(COc3ccccc3Cl)n2C2CC2)c1. The van der Waals surface area contributed by atoms with Crippen molar-refractivity contribution in [1.29, 1.82) is 0 Å². The molecule has 1 amide bonds. The highest BCUT2D eigenvalue weighted by atomic mass is 35.5. The van der Waals surface area contributed by atoms with Crippen molar-refractivity contribution in [3.8, 4) is 5.75 Å². The van der Waals surface area contributed by atoms with Crippen LogP contribution in [0.15, 0.2) is 58.6 Å². The lowest BCUT2D eigenvalue weighted by atomic mass is 10.3. The average molecular weight is 493 g/mol. The van der Waals surface area contributed by atoms with Crippen molar-refractivity contribution in [2.75, 3.05) is 17.3 Å². The van der Waals surface area contributed by atoms with Crippen molar-refractivity contribution in [2.24, 2.45) is 0 Å². The molecule has 168 valence electrons. The molecule has 1 fully saturated rings. The molecule has 0 radical (unpaired) electrons. The van der Waals surface area contributed by atoms with E-state index in [0.717, 1.165) is 19.1 Å². The third kappa shape index (κ3) is 5.62. The lowest BCUT2D eigenvalue weighted by molar-refractivity contribution is -0.113. The largest absolute Gasteiger partial charge is 0.484 e. The molecule has 0 unspecified atom stereocenters. The summed E-state index contributed by atoms with van der Waals surface area (Å²) < 4.78 is 31.2. The summed E-state index contributed by atoms with van der Waals surface area (Å²) in [7, 11) is -3.35. The van der Waals surface area contributed by atoms with Gasteiger partial charge in [-0.1, -0.05) is 41.6 Å². The second-order valence-electron chi connectivity index (χ2n) is 7.36. The molecule has 8 nitrogen and oxygen atoms in total. The first-order valence-electron chi connectivity index (χ1n) is 9.85. The topological polar surface area (TPSA) is 103 Å². The molecule has 0 atom stereocenters. The number of ether oxygens (including phenoxy) is 1. The van der Waals surface area contributed by atoms with Crippen LogP contribution < -0.4 is 10.1 Å². The second-order valence-corrected chi connectivity index (χ2v) is 10.7. The minimum absolute atomic E-state index is 0.110. The number of hydrogen-bond donors (Lipinski definition) is 1. The average Bonchev–Trinajstić information content (AvgIpc) is 3.51. The Bertz CT molecular complexity index is 1240. The Labute approximate surface area is 195 Å². The molecule has 1 aliphatic carbocycles. The lowest BCUT2D eigenvalue weighted by Crippen LogP contribution is -2.15. The van der Waals surface area contributed by atoms with Crippen LogP contribution in [0.1, 0.15) is 24.7 Å². The predicted octanol–water partition coefficient (Wildman–Crippen LogP) is 3.98. The number of halogens is 1. The molecule has 0 saturated heterocycles. The molecule has 1 saturated carbocycles. The summed E-state index contributed by atoms with van der Waals surface area (Å²) in [5.41, 5.74) is 0.427. The fourth-order valence-electron chi connectivity index (χ4n) is 3.04. The summed E-state index contributed by atoms with van der Waals surface area (Å²) in [6.07, 6.45) is 3.17. The van der Waals surface area contributed by atoms with E-state index in [1.807, 2.05) is 16.7 Å². The molecule has 2 aromatic carbocycles. The summed E-state index contributed by atoms with van der Waals surface area (Å²) in [5, 5.41) is 12.4. The first-order chi connectivity index (χ1) is 15.3. The third-order valence-corrected chi connectivity index (χ3v) is 7.08. The fraction of sp³-hybridized carbons (Fsp3) is 0.286. The van der Waals surface area contributed by atoms with Crippen molar-refractivity contribution in [3.63, 3.8) is 0 Å². The van der Waals surface area contributed by atoms with E-state index in [4.69, 9.17) is 16.3 Å². The Kier molecular flexibility index (Phi) is 6.73. The number of carbonyl (C=O) groups excluding carboxylic acids is 1. The van der Waals surface area contributed by atoms with E-state index in [1.54, 1.807) is 24.3 Å². The quantitative estimate of drug-likeness (QED) is 0.450. The van der Waals surface area contributed by atoms with Gasteiger partial charge in [0.25, 0.3) is 0 Å². The van der Waals surface area contributed by atoms with Crippen molar-refractivity contribution < 1.29 is 17.9 Å². The zero-order valence-corrected chi connectivity index (χ0v) is 19.6. The van der Waals surface area contributed by atoms with Crippen molar-refractivity contribution in [2.45, 2.75) is 35.5 Å². The van der Waals surface area contributed by atoms with E-state index < -0.39 is 9.84 Å². The Hall–Kier alpha value is -2.56. The number of thioether (sulfide) groups is 1. The number of benzene rings is 2. The number of aromatic nitrogens is 3. The first kappa shape index (κ1) is 22.6. The standard InChI is InChI=1S/C21H21ClN4O4S2/c1-32(28,29)16-6-4-5-14(11-16)23-20(27)13-31-21-25-24-19(26(21)15-9-10-15)12-30-18-8-3-2-7-17(18)22/h2-8,11,15H,9-10,12-13H2,1H3,(H,23,27). The van der Waals surface area contributed by atoms with Crippen LogP contribution in [0.2, 0.25) is 5.02 Å². The van der Waals surface area contributed by atoms with Gasteiger partial charge in [-0.2, -0.15) is 0 Å². The highest BCUT2D eigenvalue weighted by Crippen LogP contribution is 2.39. The van der Waals surface area contributed by atoms with Crippen molar-refractivity contribution >= 4 is 44.8 Å². The molecule has 1 aliphatic rings. The van der Waals surface area contributed by atoms with E-state index >= 15 is 0 Å². The van der Waals surface area contributed by atoms with Crippen LogP contribution in [0, 0.1) is 0 Å². The van der Waals surface area contributed by atoms with Gasteiger partial charge in [0.1, 0.15) is 12.4 Å². The van der Waals surface area contributed by atoms with Gasteiger partial charge < -0.3 is 10.1 Å². The molecule has 0 spiro atoms. The van der Waals surface area contributed by atoms with Gasteiger partial charge in [-0.05, 0) is 43.2 Å². The number of amides is 1. The molecular formula is C21H21ClN4O4S2. The monoisotopic (exact) mass is 492 g/mol. The van der Waals surface area contributed by atoms with Crippen LogP contribution in [-0.4, -0.2) is 41.1 Å². The van der Waals surface area contributed by atoms with Crippen LogP contribution in [0.4, 0.5) is 5.69 Å². The normalized spacial score (nSPS) is 13.7. The first-order valence-corrected chi connectivity index (χ1v) is 13.1. The molecule has 1 N–H and O–H groups in total. The summed E-state index contributed by atoms with van der Waals surface area (Å²) in [4.78, 5) is 12.6. The van der Waals surface area contributed by atoms with Gasteiger partial charge in [0.05, 0.1) is 15.7 Å². The summed E-state index contributed by atoms with van der Waals surface area (Å²) in [5.74, 6) is 1.10.